The molecule has 2 aliphatic carbocycles. The maximum absolute atomic E-state index is 12.6. The predicted octanol–water partition coefficient (Wildman–Crippen LogP) is 2.80. The second kappa shape index (κ2) is 6.09. The predicted molar refractivity (Wildman–Crippen MR) is 102 cm³/mol. The molecule has 2 aliphatic heterocycles. The zero-order valence-corrected chi connectivity index (χ0v) is 17.5. The molecule has 1 unspecified atom stereocenters. The summed E-state index contributed by atoms with van der Waals surface area (Å²) in [7, 11) is 1.90. The van der Waals surface area contributed by atoms with Gasteiger partial charge in [-0.05, 0) is 58.3 Å². The van der Waals surface area contributed by atoms with Crippen molar-refractivity contribution in [3.8, 4) is 0 Å². The Morgan fingerprint density at radius 3 is 2.59 bits per heavy atom. The van der Waals surface area contributed by atoms with Gasteiger partial charge in [0.2, 0.25) is 11.8 Å². The molecule has 1 aromatic rings. The lowest BCUT2D eigenvalue weighted by Crippen LogP contribution is -2.45. The second-order valence-electron chi connectivity index (χ2n) is 10.1. The lowest BCUT2D eigenvalue weighted by Gasteiger charge is -2.35. The average molecular weight is 403 g/mol. The molecule has 1 aromatic heterocycles. The number of alkyl carbamates (subject to hydrolysis) is 1. The van der Waals surface area contributed by atoms with Crippen LogP contribution in [-0.4, -0.2) is 63.4 Å². The fourth-order valence-electron chi connectivity index (χ4n) is 5.10. The van der Waals surface area contributed by atoms with Gasteiger partial charge in [0.1, 0.15) is 11.6 Å². The minimum Gasteiger partial charge on any atom is -0.444 e. The van der Waals surface area contributed by atoms with E-state index in [9.17, 15) is 9.59 Å². The smallest absolute Gasteiger partial charge is 0.407 e. The molecule has 158 valence electrons. The molecule has 2 atom stereocenters. The molecule has 4 aliphatic rings. The Morgan fingerprint density at radius 2 is 1.93 bits per heavy atom. The number of fused-ring (bicyclic) bond motifs is 3. The van der Waals surface area contributed by atoms with E-state index in [0.29, 0.717) is 17.8 Å². The highest BCUT2D eigenvalue weighted by molar-refractivity contribution is 5.78. The van der Waals surface area contributed by atoms with Crippen molar-refractivity contribution in [2.75, 3.05) is 13.6 Å². The Labute approximate surface area is 170 Å². The molecular weight excluding hydrogens is 374 g/mol. The monoisotopic (exact) mass is 403 g/mol. The van der Waals surface area contributed by atoms with Crippen molar-refractivity contribution in [3.05, 3.63) is 11.8 Å². The summed E-state index contributed by atoms with van der Waals surface area (Å²) in [6.07, 6.45) is 4.35. The number of rotatable bonds is 3. The highest BCUT2D eigenvalue weighted by Crippen LogP contribution is 2.61. The third-order valence-corrected chi connectivity index (χ3v) is 6.91. The van der Waals surface area contributed by atoms with Gasteiger partial charge in [0, 0.05) is 25.6 Å². The van der Waals surface area contributed by atoms with E-state index >= 15 is 0 Å². The van der Waals surface area contributed by atoms with Crippen molar-refractivity contribution in [2.45, 2.75) is 82.5 Å². The van der Waals surface area contributed by atoms with E-state index in [2.05, 4.69) is 15.5 Å². The molecule has 5 rings (SSSR count). The summed E-state index contributed by atoms with van der Waals surface area (Å²) in [5.74, 6) is 1.30. The number of carbonyl (C=O) groups excluding carboxylic acids is 2. The van der Waals surface area contributed by atoms with Gasteiger partial charge in [-0.1, -0.05) is 0 Å². The molecule has 0 aromatic carbocycles. The van der Waals surface area contributed by atoms with Crippen molar-refractivity contribution in [2.24, 2.45) is 5.41 Å². The quantitative estimate of drug-likeness (QED) is 0.833. The first kappa shape index (κ1) is 18.7. The zero-order chi connectivity index (χ0) is 20.6. The van der Waals surface area contributed by atoms with Crippen LogP contribution in [0, 0.1) is 5.41 Å². The van der Waals surface area contributed by atoms with Gasteiger partial charge in [0.25, 0.3) is 0 Å². The highest BCUT2D eigenvalue weighted by atomic mass is 16.6. The van der Waals surface area contributed by atoms with Gasteiger partial charge in [0.15, 0.2) is 0 Å². The summed E-state index contributed by atoms with van der Waals surface area (Å²) in [6, 6.07) is 0.321. The number of hydrogen-bond acceptors (Lipinski definition) is 6. The fourth-order valence-corrected chi connectivity index (χ4v) is 5.10. The van der Waals surface area contributed by atoms with Crippen LogP contribution in [-0.2, 0) is 4.74 Å². The third-order valence-electron chi connectivity index (χ3n) is 6.91. The molecule has 4 fully saturated rings. The van der Waals surface area contributed by atoms with E-state index in [1.165, 1.54) is 12.8 Å². The van der Waals surface area contributed by atoms with Crippen LogP contribution in [0.3, 0.4) is 0 Å². The summed E-state index contributed by atoms with van der Waals surface area (Å²) < 4.78 is 11.3. The molecule has 3 heterocycles. The lowest BCUT2D eigenvalue weighted by atomic mass is 9.80. The number of amides is 3. The molecule has 9 nitrogen and oxygen atoms in total. The number of nitrogens with zero attached hydrogens (tertiary/aromatic N) is 4. The Morgan fingerprint density at radius 1 is 1.24 bits per heavy atom. The van der Waals surface area contributed by atoms with Crippen molar-refractivity contribution in [1.82, 2.24) is 25.3 Å². The van der Waals surface area contributed by atoms with Crippen LogP contribution < -0.4 is 5.32 Å². The summed E-state index contributed by atoms with van der Waals surface area (Å²) in [5, 5.41) is 11.5. The maximum Gasteiger partial charge on any atom is 0.407 e. The van der Waals surface area contributed by atoms with Crippen molar-refractivity contribution >= 4 is 12.1 Å². The van der Waals surface area contributed by atoms with E-state index in [4.69, 9.17) is 9.15 Å². The minimum absolute atomic E-state index is 0.0594. The molecule has 9 heteroatoms. The van der Waals surface area contributed by atoms with Crippen molar-refractivity contribution < 1.29 is 18.7 Å². The summed E-state index contributed by atoms with van der Waals surface area (Å²) in [6.45, 7) is 6.29. The number of carbonyl (C=O) groups is 2. The van der Waals surface area contributed by atoms with Gasteiger partial charge in [-0.3, -0.25) is 0 Å². The van der Waals surface area contributed by atoms with Gasteiger partial charge < -0.3 is 24.3 Å². The van der Waals surface area contributed by atoms with E-state index < -0.39 is 11.7 Å². The molecule has 1 N–H and O–H groups in total. The normalized spacial score (nSPS) is 32.3. The topological polar surface area (TPSA) is 101 Å². The van der Waals surface area contributed by atoms with E-state index in [-0.39, 0.29) is 29.4 Å². The number of ether oxygens (including phenoxy) is 1. The summed E-state index contributed by atoms with van der Waals surface area (Å²) in [4.78, 5) is 28.3. The molecule has 3 amide bonds. The molecule has 29 heavy (non-hydrogen) atoms. The largest absolute Gasteiger partial charge is 0.444 e. The first-order valence-electron chi connectivity index (χ1n) is 10.5. The number of piperidine rings is 1. The van der Waals surface area contributed by atoms with E-state index in [0.717, 1.165) is 25.8 Å². The van der Waals surface area contributed by atoms with Crippen LogP contribution in [0.1, 0.15) is 76.6 Å². The number of urea groups is 1. The van der Waals surface area contributed by atoms with Gasteiger partial charge in [-0.2, -0.15) is 0 Å². The summed E-state index contributed by atoms with van der Waals surface area (Å²) in [5.41, 5.74) is -0.275. The Bertz CT molecular complexity index is 836. The number of hydrogen-bond donors (Lipinski definition) is 1. The van der Waals surface area contributed by atoms with Crippen LogP contribution in [0.5, 0.6) is 0 Å². The maximum atomic E-state index is 12.6. The SMILES string of the molecule is CN1C(=O)N2C[C@H]1C1(CC1)CC2c1nnc([C@H]2C[C@@H](NC(=O)OC(C)(C)C)C2)o1. The molecule has 2 saturated carbocycles. The van der Waals surface area contributed by atoms with Crippen LogP contribution in [0.15, 0.2) is 4.42 Å². The first-order chi connectivity index (χ1) is 13.7. The number of aromatic nitrogens is 2. The van der Waals surface area contributed by atoms with Crippen LogP contribution in [0.25, 0.3) is 0 Å². The molecular formula is C20H29N5O4. The molecule has 2 bridgehead atoms. The van der Waals surface area contributed by atoms with Gasteiger partial charge in [-0.15, -0.1) is 10.2 Å². The van der Waals surface area contributed by atoms with Crippen molar-refractivity contribution in [1.29, 1.82) is 0 Å². The summed E-state index contributed by atoms with van der Waals surface area (Å²) >= 11 is 0. The molecule has 2 saturated heterocycles. The Hall–Kier alpha value is -2.32. The number of likely N-dealkylation sites (N-methyl/N-ethyl adjacent to an activating group) is 1. The lowest BCUT2D eigenvalue weighted by molar-refractivity contribution is 0.0465. The Kier molecular flexibility index (Phi) is 3.93. The third kappa shape index (κ3) is 3.14. The van der Waals surface area contributed by atoms with Crippen LogP contribution in [0.2, 0.25) is 0 Å². The fraction of sp³-hybridized carbons (Fsp3) is 0.800. The van der Waals surface area contributed by atoms with Crippen LogP contribution in [0.4, 0.5) is 9.59 Å². The average Bonchev–Trinajstić information content (AvgIpc) is 3.09. The minimum atomic E-state index is -0.506. The van der Waals surface area contributed by atoms with E-state index in [1.54, 1.807) is 0 Å². The highest BCUT2D eigenvalue weighted by Gasteiger charge is 2.62. The second-order valence-corrected chi connectivity index (χ2v) is 10.1. The molecule has 0 radical (unpaired) electrons. The zero-order valence-electron chi connectivity index (χ0n) is 17.5. The number of nitrogens with one attached hydrogen (secondary N) is 1. The van der Waals surface area contributed by atoms with E-state index in [1.807, 2.05) is 37.6 Å². The van der Waals surface area contributed by atoms with Gasteiger partial charge in [0.05, 0.1) is 6.04 Å². The molecule has 1 spiro atoms. The van der Waals surface area contributed by atoms with Gasteiger partial charge >= 0.3 is 12.1 Å². The van der Waals surface area contributed by atoms with Crippen LogP contribution >= 0.6 is 0 Å². The first-order valence-corrected chi connectivity index (χ1v) is 10.5. The standard InChI is InChI=1S/C20H29N5O4/c1-19(2,3)29-17(26)21-12-7-11(8-12)15-22-23-16(28-15)13-9-20(5-6-20)14-10-25(13)18(27)24(14)4/h11-14H,5-10H2,1-4H3,(H,21,26)/t11-,12+,13?,14-/m0/s1. The van der Waals surface area contributed by atoms with Gasteiger partial charge in [-0.25, -0.2) is 9.59 Å². The Balaban J connectivity index is 1.21. The van der Waals surface area contributed by atoms with Crippen molar-refractivity contribution in [3.63, 3.8) is 0 Å².